The minimum absolute atomic E-state index is 0.143. The molecule has 0 radical (unpaired) electrons. The fourth-order valence-corrected chi connectivity index (χ4v) is 6.02. The van der Waals surface area contributed by atoms with Crippen molar-refractivity contribution in [3.63, 3.8) is 0 Å². The van der Waals surface area contributed by atoms with Gasteiger partial charge >= 0.3 is 0 Å². The van der Waals surface area contributed by atoms with Gasteiger partial charge in [0, 0.05) is 56.2 Å². The van der Waals surface area contributed by atoms with Gasteiger partial charge in [-0.3, -0.25) is 9.59 Å². The predicted octanol–water partition coefficient (Wildman–Crippen LogP) is 5.25. The van der Waals surface area contributed by atoms with E-state index in [2.05, 4.69) is 10.4 Å². The molecule has 2 N–H and O–H groups in total. The molecule has 6 rings (SSSR count). The van der Waals surface area contributed by atoms with Gasteiger partial charge in [0.05, 0.1) is 22.9 Å². The van der Waals surface area contributed by atoms with E-state index >= 15 is 0 Å². The van der Waals surface area contributed by atoms with E-state index in [0.717, 1.165) is 0 Å². The SMILES string of the molecule is Cc1oc2cc(Oc3ccnn4cc(C(=O)N5CC[C@@](C)(O)C5)c(C)c34)ccc2c1C(=O)NCC1CCC(F)(F)C1. The molecule has 1 aliphatic heterocycles. The maximum absolute atomic E-state index is 13.5. The number of carbonyl (C=O) groups is 2. The third kappa shape index (κ3) is 5.14. The minimum Gasteiger partial charge on any atom is -0.460 e. The van der Waals surface area contributed by atoms with Gasteiger partial charge in [-0.25, -0.2) is 13.3 Å². The van der Waals surface area contributed by atoms with Gasteiger partial charge in [-0.05, 0) is 57.2 Å². The maximum Gasteiger partial charge on any atom is 0.255 e. The normalized spacial score (nSPS) is 22.1. The number of furan rings is 1. The number of likely N-dealkylation sites (tertiary alicyclic amines) is 1. The number of ether oxygens (including phenoxy) is 1. The van der Waals surface area contributed by atoms with Gasteiger partial charge < -0.3 is 24.5 Å². The zero-order valence-electron chi connectivity index (χ0n) is 23.2. The second-order valence-electron chi connectivity index (χ2n) is 11.6. The summed E-state index contributed by atoms with van der Waals surface area (Å²) in [6, 6.07) is 6.85. The summed E-state index contributed by atoms with van der Waals surface area (Å²) in [5.74, 6) is -2.07. The molecule has 0 bridgehead atoms. The molecule has 4 aromatic rings. The van der Waals surface area contributed by atoms with Crippen LogP contribution < -0.4 is 10.1 Å². The first kappa shape index (κ1) is 27.2. The highest BCUT2D eigenvalue weighted by Gasteiger charge is 2.39. The molecule has 1 saturated heterocycles. The standard InChI is InChI=1S/C30H32F2N4O5/c1-17-22(28(38)35-11-9-29(3,39)16-35)15-36-26(17)23(7-10-34-36)41-20-4-5-21-24(12-20)40-18(2)25(21)27(37)33-14-19-6-8-30(31,32)13-19/h4-5,7,10,12,15,19,39H,6,8-9,11,13-14,16H2,1-3H3,(H,33,37)/t19?,29-/m1/s1. The summed E-state index contributed by atoms with van der Waals surface area (Å²) in [7, 11) is 0. The van der Waals surface area contributed by atoms with Crippen LogP contribution in [0.4, 0.5) is 8.78 Å². The lowest BCUT2D eigenvalue weighted by Gasteiger charge is -2.18. The third-order valence-corrected chi connectivity index (χ3v) is 8.21. The van der Waals surface area contributed by atoms with Crippen molar-refractivity contribution in [3.05, 3.63) is 59.1 Å². The van der Waals surface area contributed by atoms with Crippen LogP contribution in [0, 0.1) is 19.8 Å². The number of carbonyl (C=O) groups excluding carboxylic acids is 2. The highest BCUT2D eigenvalue weighted by Crippen LogP contribution is 2.39. The van der Waals surface area contributed by atoms with Crippen LogP contribution in [-0.2, 0) is 0 Å². The topological polar surface area (TPSA) is 109 Å². The Morgan fingerprint density at radius 1 is 1.24 bits per heavy atom. The molecule has 2 fully saturated rings. The summed E-state index contributed by atoms with van der Waals surface area (Å²) in [6.45, 7) is 6.19. The number of benzene rings is 1. The molecule has 11 heteroatoms. The Labute approximate surface area is 235 Å². The quantitative estimate of drug-likeness (QED) is 0.330. The average molecular weight is 567 g/mol. The molecule has 4 heterocycles. The summed E-state index contributed by atoms with van der Waals surface area (Å²) in [6.07, 6.45) is 3.81. The van der Waals surface area contributed by atoms with Crippen LogP contribution in [-0.4, -0.2) is 62.6 Å². The Morgan fingerprint density at radius 3 is 2.76 bits per heavy atom. The second-order valence-corrected chi connectivity index (χ2v) is 11.6. The van der Waals surface area contributed by atoms with Crippen LogP contribution in [0.1, 0.15) is 64.6 Å². The second kappa shape index (κ2) is 9.83. The number of hydrogen-bond acceptors (Lipinski definition) is 6. The van der Waals surface area contributed by atoms with Crippen molar-refractivity contribution >= 4 is 28.3 Å². The largest absolute Gasteiger partial charge is 0.460 e. The van der Waals surface area contributed by atoms with Crippen molar-refractivity contribution in [3.8, 4) is 11.5 Å². The third-order valence-electron chi connectivity index (χ3n) is 8.21. The van der Waals surface area contributed by atoms with Gasteiger partial charge in [0.25, 0.3) is 11.8 Å². The van der Waals surface area contributed by atoms with E-state index in [0.29, 0.717) is 69.8 Å². The molecule has 2 amide bonds. The van der Waals surface area contributed by atoms with E-state index in [-0.39, 0.29) is 43.7 Å². The van der Waals surface area contributed by atoms with E-state index in [1.807, 2.05) is 6.92 Å². The Morgan fingerprint density at radius 2 is 2.05 bits per heavy atom. The average Bonchev–Trinajstić information content (AvgIpc) is 3.64. The van der Waals surface area contributed by atoms with E-state index in [4.69, 9.17) is 9.15 Å². The predicted molar refractivity (Wildman–Crippen MR) is 147 cm³/mol. The lowest BCUT2D eigenvalue weighted by molar-refractivity contribution is 0.00503. The Hall–Kier alpha value is -3.99. The smallest absolute Gasteiger partial charge is 0.255 e. The van der Waals surface area contributed by atoms with Crippen molar-refractivity contribution in [2.75, 3.05) is 19.6 Å². The van der Waals surface area contributed by atoms with Crippen LogP contribution in [0.25, 0.3) is 16.5 Å². The van der Waals surface area contributed by atoms with Crippen LogP contribution in [0.15, 0.2) is 41.1 Å². The molecule has 41 heavy (non-hydrogen) atoms. The van der Waals surface area contributed by atoms with Crippen molar-refractivity contribution < 1.29 is 32.6 Å². The Bertz CT molecular complexity index is 1670. The molecule has 2 aliphatic rings. The number of amides is 2. The first-order valence-corrected chi connectivity index (χ1v) is 13.8. The van der Waals surface area contributed by atoms with E-state index in [1.54, 1.807) is 59.9 Å². The lowest BCUT2D eigenvalue weighted by atomic mass is 10.1. The molecule has 2 atom stereocenters. The van der Waals surface area contributed by atoms with Crippen molar-refractivity contribution in [2.45, 2.75) is 58.0 Å². The molecule has 3 aromatic heterocycles. The van der Waals surface area contributed by atoms with Gasteiger partial charge in [0.1, 0.15) is 22.6 Å². The molecule has 216 valence electrons. The molecule has 1 saturated carbocycles. The number of aliphatic hydroxyl groups is 1. The van der Waals surface area contributed by atoms with Crippen molar-refractivity contribution in [1.82, 2.24) is 19.8 Å². The van der Waals surface area contributed by atoms with Crippen LogP contribution in [0.2, 0.25) is 0 Å². The zero-order valence-corrected chi connectivity index (χ0v) is 23.2. The summed E-state index contributed by atoms with van der Waals surface area (Å²) in [5.41, 5.74) is 1.75. The molecular formula is C30H32F2N4O5. The zero-order chi connectivity index (χ0) is 29.1. The van der Waals surface area contributed by atoms with E-state index in [1.165, 1.54) is 0 Å². The molecule has 1 unspecified atom stereocenters. The first-order valence-electron chi connectivity index (χ1n) is 13.8. The van der Waals surface area contributed by atoms with E-state index < -0.39 is 11.5 Å². The number of aromatic nitrogens is 2. The minimum atomic E-state index is -2.66. The molecule has 9 nitrogen and oxygen atoms in total. The van der Waals surface area contributed by atoms with Crippen molar-refractivity contribution in [1.29, 1.82) is 0 Å². The fourth-order valence-electron chi connectivity index (χ4n) is 6.02. The van der Waals surface area contributed by atoms with Gasteiger partial charge in [0.2, 0.25) is 5.92 Å². The molecule has 1 aromatic carbocycles. The van der Waals surface area contributed by atoms with Crippen LogP contribution >= 0.6 is 0 Å². The number of aryl methyl sites for hydroxylation is 2. The van der Waals surface area contributed by atoms with Crippen LogP contribution in [0.5, 0.6) is 11.5 Å². The van der Waals surface area contributed by atoms with Gasteiger partial charge in [-0.2, -0.15) is 5.10 Å². The molecule has 0 spiro atoms. The van der Waals surface area contributed by atoms with Gasteiger partial charge in [-0.1, -0.05) is 0 Å². The Balaban J connectivity index is 1.22. The van der Waals surface area contributed by atoms with Gasteiger partial charge in [0.15, 0.2) is 5.75 Å². The number of halogens is 2. The maximum atomic E-state index is 13.5. The highest BCUT2D eigenvalue weighted by atomic mass is 19.3. The van der Waals surface area contributed by atoms with Crippen molar-refractivity contribution in [2.24, 2.45) is 5.92 Å². The van der Waals surface area contributed by atoms with E-state index in [9.17, 15) is 23.5 Å². The number of rotatable bonds is 6. The highest BCUT2D eigenvalue weighted by molar-refractivity contribution is 6.07. The van der Waals surface area contributed by atoms with Crippen LogP contribution in [0.3, 0.4) is 0 Å². The first-order chi connectivity index (χ1) is 19.4. The fraction of sp³-hybridized carbons (Fsp3) is 0.433. The number of nitrogens with one attached hydrogen (secondary N) is 1. The number of alkyl halides is 2. The molecule has 1 aliphatic carbocycles. The number of fused-ring (bicyclic) bond motifs is 2. The molecular weight excluding hydrogens is 534 g/mol. The summed E-state index contributed by atoms with van der Waals surface area (Å²) < 4.78 is 40.7. The number of β-amino-alcohol motifs (C(OH)–C–C–N with tert-alkyl or cyclic N) is 1. The summed E-state index contributed by atoms with van der Waals surface area (Å²) >= 11 is 0. The van der Waals surface area contributed by atoms with Gasteiger partial charge in [-0.15, -0.1) is 0 Å². The summed E-state index contributed by atoms with van der Waals surface area (Å²) in [4.78, 5) is 27.8. The Kier molecular flexibility index (Phi) is 6.52. The number of hydrogen-bond donors (Lipinski definition) is 2. The lowest BCUT2D eigenvalue weighted by Crippen LogP contribution is -2.34. The summed E-state index contributed by atoms with van der Waals surface area (Å²) in [5, 5.41) is 18.0. The number of nitrogens with zero attached hydrogens (tertiary/aromatic N) is 3. The monoisotopic (exact) mass is 566 g/mol.